The van der Waals surface area contributed by atoms with E-state index in [0.717, 1.165) is 30.1 Å². The van der Waals surface area contributed by atoms with Crippen LogP contribution in [0.3, 0.4) is 0 Å². The van der Waals surface area contributed by atoms with Gasteiger partial charge in [0.2, 0.25) is 5.91 Å². The van der Waals surface area contributed by atoms with Crippen molar-refractivity contribution < 1.29 is 4.79 Å². The quantitative estimate of drug-likeness (QED) is 0.727. The second-order valence-corrected chi connectivity index (χ2v) is 5.85. The van der Waals surface area contributed by atoms with E-state index >= 15 is 0 Å². The first-order valence-corrected chi connectivity index (χ1v) is 8.12. The number of carbonyl (C=O) groups is 1. The van der Waals surface area contributed by atoms with Gasteiger partial charge in [0.1, 0.15) is 0 Å². The predicted octanol–water partition coefficient (Wildman–Crippen LogP) is 2.76. The van der Waals surface area contributed by atoms with Crippen molar-refractivity contribution in [2.75, 3.05) is 30.4 Å². The van der Waals surface area contributed by atoms with Crippen molar-refractivity contribution in [3.63, 3.8) is 0 Å². The molecule has 1 rings (SSSR count). The predicted molar refractivity (Wildman–Crippen MR) is 70.7 cm³/mol. The maximum absolute atomic E-state index is 11.8. The van der Waals surface area contributed by atoms with Gasteiger partial charge in [-0.3, -0.25) is 4.79 Å². The summed E-state index contributed by atoms with van der Waals surface area (Å²) in [7, 11) is 0. The highest BCUT2D eigenvalue weighted by Gasteiger charge is 2.22. The van der Waals surface area contributed by atoms with Gasteiger partial charge in [0.15, 0.2) is 0 Å². The third kappa shape index (κ3) is 4.77. The van der Waals surface area contributed by atoms with Gasteiger partial charge in [0.05, 0.1) is 0 Å². The minimum Gasteiger partial charge on any atom is -0.342 e. The Labute approximate surface area is 105 Å². The van der Waals surface area contributed by atoms with Gasteiger partial charge < -0.3 is 4.90 Å². The topological polar surface area (TPSA) is 20.3 Å². The summed E-state index contributed by atoms with van der Waals surface area (Å²) >= 11 is 5.23. The number of hydrogen-bond acceptors (Lipinski definition) is 2. The van der Waals surface area contributed by atoms with Crippen LogP contribution in [-0.4, -0.2) is 41.2 Å². The van der Waals surface area contributed by atoms with Gasteiger partial charge in [0, 0.05) is 30.6 Å². The number of halogens is 1. The lowest BCUT2D eigenvalue weighted by atomic mass is 9.95. The van der Waals surface area contributed by atoms with Crippen LogP contribution in [0.4, 0.5) is 0 Å². The molecule has 0 aromatic rings. The molecule has 0 aliphatic carbocycles. The van der Waals surface area contributed by atoms with Crippen LogP contribution in [-0.2, 0) is 4.79 Å². The van der Waals surface area contributed by atoms with Gasteiger partial charge in [-0.25, -0.2) is 0 Å². The molecule has 0 aromatic heterocycles. The molecular formula is C11H20BrNOS. The summed E-state index contributed by atoms with van der Waals surface area (Å²) < 4.78 is 0. The summed E-state index contributed by atoms with van der Waals surface area (Å²) in [5.74, 6) is 2.03. The van der Waals surface area contributed by atoms with Crippen molar-refractivity contribution in [3.8, 4) is 0 Å². The minimum absolute atomic E-state index is 0.351. The van der Waals surface area contributed by atoms with Crippen molar-refractivity contribution in [1.29, 1.82) is 0 Å². The molecule has 0 N–H and O–H groups in total. The van der Waals surface area contributed by atoms with Gasteiger partial charge in [0.25, 0.3) is 0 Å². The van der Waals surface area contributed by atoms with E-state index in [2.05, 4.69) is 27.1 Å². The molecule has 0 saturated carbocycles. The maximum Gasteiger partial charge on any atom is 0.223 e. The van der Waals surface area contributed by atoms with Crippen LogP contribution in [0.5, 0.6) is 0 Å². The van der Waals surface area contributed by atoms with Crippen molar-refractivity contribution in [3.05, 3.63) is 0 Å². The molecule has 1 amide bonds. The minimum atomic E-state index is 0.351. The van der Waals surface area contributed by atoms with Gasteiger partial charge in [-0.05, 0) is 31.4 Å². The number of alkyl halides is 1. The Kier molecular flexibility index (Phi) is 6.73. The van der Waals surface area contributed by atoms with Crippen LogP contribution in [0.1, 0.15) is 25.7 Å². The van der Waals surface area contributed by atoms with Crippen LogP contribution in [0.2, 0.25) is 0 Å². The molecular weight excluding hydrogens is 274 g/mol. The van der Waals surface area contributed by atoms with E-state index in [1.807, 2.05) is 0 Å². The number of likely N-dealkylation sites (tertiary alicyclic amines) is 1. The number of hydrogen-bond donors (Lipinski definition) is 0. The molecule has 1 aliphatic rings. The molecule has 1 atom stereocenters. The maximum atomic E-state index is 11.8. The summed E-state index contributed by atoms with van der Waals surface area (Å²) in [6.07, 6.45) is 6.44. The molecule has 0 radical (unpaired) electrons. The first-order chi connectivity index (χ1) is 7.27. The molecule has 0 bridgehead atoms. The first kappa shape index (κ1) is 13.4. The molecule has 1 unspecified atom stereocenters. The van der Waals surface area contributed by atoms with Crippen molar-refractivity contribution in [2.45, 2.75) is 25.7 Å². The Bertz CT molecular complexity index is 199. The average molecular weight is 294 g/mol. The van der Waals surface area contributed by atoms with Crippen LogP contribution in [0.25, 0.3) is 0 Å². The standard InChI is InChI=1S/C11H20BrNOS/c1-15-8-5-11(14)13-7-2-3-10(9-13)4-6-12/h10H,2-9H2,1H3. The fourth-order valence-corrected chi connectivity index (χ4v) is 3.06. The zero-order valence-corrected chi connectivity index (χ0v) is 11.8. The highest BCUT2D eigenvalue weighted by Crippen LogP contribution is 2.21. The molecule has 1 aliphatic heterocycles. The molecule has 2 nitrogen and oxygen atoms in total. The number of thioether (sulfide) groups is 1. The van der Waals surface area contributed by atoms with Gasteiger partial charge in [-0.2, -0.15) is 11.8 Å². The first-order valence-electron chi connectivity index (χ1n) is 5.60. The van der Waals surface area contributed by atoms with E-state index < -0.39 is 0 Å². The Morgan fingerprint density at radius 3 is 3.07 bits per heavy atom. The zero-order chi connectivity index (χ0) is 11.1. The molecule has 15 heavy (non-hydrogen) atoms. The SMILES string of the molecule is CSCCC(=O)N1CCCC(CCBr)C1. The monoisotopic (exact) mass is 293 g/mol. The third-order valence-corrected chi connectivity index (χ3v) is 3.98. The highest BCUT2D eigenvalue weighted by molar-refractivity contribution is 9.09. The lowest BCUT2D eigenvalue weighted by molar-refractivity contribution is -0.132. The Morgan fingerprint density at radius 2 is 2.40 bits per heavy atom. The summed E-state index contributed by atoms with van der Waals surface area (Å²) in [5, 5.41) is 1.06. The van der Waals surface area contributed by atoms with Gasteiger partial charge in [-0.15, -0.1) is 0 Å². The summed E-state index contributed by atoms with van der Waals surface area (Å²) in [4.78, 5) is 13.9. The molecule has 4 heteroatoms. The van der Waals surface area contributed by atoms with E-state index in [4.69, 9.17) is 0 Å². The average Bonchev–Trinajstić information content (AvgIpc) is 2.27. The largest absolute Gasteiger partial charge is 0.342 e. The second kappa shape index (κ2) is 7.55. The Hall–Kier alpha value is 0.300. The lowest BCUT2D eigenvalue weighted by Gasteiger charge is -2.32. The third-order valence-electron chi connectivity index (χ3n) is 2.91. The van der Waals surface area contributed by atoms with Crippen LogP contribution >= 0.6 is 27.7 Å². The van der Waals surface area contributed by atoms with E-state index in [1.165, 1.54) is 19.3 Å². The number of carbonyl (C=O) groups excluding carboxylic acids is 1. The lowest BCUT2D eigenvalue weighted by Crippen LogP contribution is -2.40. The number of piperidine rings is 1. The number of rotatable bonds is 5. The number of amides is 1. The molecule has 88 valence electrons. The van der Waals surface area contributed by atoms with E-state index in [0.29, 0.717) is 12.3 Å². The molecule has 1 fully saturated rings. The van der Waals surface area contributed by atoms with Crippen LogP contribution in [0.15, 0.2) is 0 Å². The summed E-state index contributed by atoms with van der Waals surface area (Å²) in [6.45, 7) is 1.96. The van der Waals surface area contributed by atoms with Crippen molar-refractivity contribution in [2.24, 2.45) is 5.92 Å². The summed E-state index contributed by atoms with van der Waals surface area (Å²) in [6, 6.07) is 0. The molecule has 0 spiro atoms. The smallest absolute Gasteiger partial charge is 0.223 e. The van der Waals surface area contributed by atoms with E-state index in [-0.39, 0.29) is 0 Å². The van der Waals surface area contributed by atoms with Crippen LogP contribution < -0.4 is 0 Å². The van der Waals surface area contributed by atoms with Crippen molar-refractivity contribution in [1.82, 2.24) is 4.90 Å². The highest BCUT2D eigenvalue weighted by atomic mass is 79.9. The summed E-state index contributed by atoms with van der Waals surface area (Å²) in [5.41, 5.74) is 0. The van der Waals surface area contributed by atoms with E-state index in [1.54, 1.807) is 11.8 Å². The second-order valence-electron chi connectivity index (χ2n) is 4.07. The Balaban J connectivity index is 2.31. The van der Waals surface area contributed by atoms with Crippen molar-refractivity contribution >= 4 is 33.6 Å². The number of nitrogens with zero attached hydrogens (tertiary/aromatic N) is 1. The molecule has 1 heterocycles. The van der Waals surface area contributed by atoms with Crippen LogP contribution in [0, 0.1) is 5.92 Å². The molecule has 1 saturated heterocycles. The van der Waals surface area contributed by atoms with Gasteiger partial charge >= 0.3 is 0 Å². The fraction of sp³-hybridized carbons (Fsp3) is 0.909. The van der Waals surface area contributed by atoms with E-state index in [9.17, 15) is 4.79 Å². The zero-order valence-electron chi connectivity index (χ0n) is 9.38. The fourth-order valence-electron chi connectivity index (χ4n) is 2.03. The molecule has 0 aromatic carbocycles. The van der Waals surface area contributed by atoms with Gasteiger partial charge in [-0.1, -0.05) is 15.9 Å². The normalized spacial score (nSPS) is 21.7. The Morgan fingerprint density at radius 1 is 1.60 bits per heavy atom.